The van der Waals surface area contributed by atoms with Crippen molar-refractivity contribution in [1.82, 2.24) is 14.5 Å². The molecule has 0 aliphatic carbocycles. The third kappa shape index (κ3) is 6.08. The van der Waals surface area contributed by atoms with Gasteiger partial charge in [-0.05, 0) is 39.0 Å². The van der Waals surface area contributed by atoms with E-state index in [4.69, 9.17) is 19.4 Å². The van der Waals surface area contributed by atoms with Crippen LogP contribution in [0.15, 0.2) is 90.6 Å². The van der Waals surface area contributed by atoms with Crippen LogP contribution in [0.25, 0.3) is 22.3 Å². The number of halogens is 2. The Morgan fingerprint density at radius 1 is 0.949 bits per heavy atom. The molecule has 0 fully saturated rings. The highest BCUT2D eigenvalue weighted by Gasteiger charge is 2.29. The van der Waals surface area contributed by atoms with E-state index in [1.54, 1.807) is 21.1 Å². The Bertz CT molecular complexity index is 1600. The highest BCUT2D eigenvalue weighted by atomic mass is 19.1. The van der Waals surface area contributed by atoms with Crippen molar-refractivity contribution in [1.29, 1.82) is 0 Å². The van der Waals surface area contributed by atoms with E-state index in [2.05, 4.69) is 29.3 Å². The Kier molecular flexibility index (Phi) is 8.00. The van der Waals surface area contributed by atoms with Crippen molar-refractivity contribution in [3.63, 3.8) is 0 Å². The second-order valence-electron chi connectivity index (χ2n) is 10.1. The van der Waals surface area contributed by atoms with Crippen molar-refractivity contribution < 1.29 is 18.3 Å². The summed E-state index contributed by atoms with van der Waals surface area (Å²) in [5, 5.41) is 1.13. The molecule has 0 unspecified atom stereocenters. The van der Waals surface area contributed by atoms with Crippen LogP contribution in [0.2, 0.25) is 0 Å². The number of hydrogen-bond donors (Lipinski definition) is 0. The molecule has 7 heteroatoms. The fourth-order valence-electron chi connectivity index (χ4n) is 4.59. The van der Waals surface area contributed by atoms with Crippen LogP contribution in [0.3, 0.4) is 0 Å². The average Bonchev–Trinajstić information content (AvgIpc) is 3.23. The first kappa shape index (κ1) is 27.8. The van der Waals surface area contributed by atoms with Gasteiger partial charge in [0.15, 0.2) is 0 Å². The predicted molar refractivity (Wildman–Crippen MR) is 153 cm³/mol. The molecule has 0 spiro atoms. The number of rotatable bonds is 9. The first-order valence-corrected chi connectivity index (χ1v) is 12.6. The van der Waals surface area contributed by atoms with E-state index < -0.39 is 17.1 Å². The zero-order valence-corrected chi connectivity index (χ0v) is 23.2. The number of para-hydroxylation sites is 1. The van der Waals surface area contributed by atoms with Gasteiger partial charge in [-0.3, -0.25) is 4.98 Å². The van der Waals surface area contributed by atoms with Crippen LogP contribution >= 0.6 is 0 Å². The van der Waals surface area contributed by atoms with Crippen LogP contribution in [0.5, 0.6) is 11.5 Å². The summed E-state index contributed by atoms with van der Waals surface area (Å²) in [6.45, 7) is 8.93. The molecular formula is C32H33F2N3O2. The smallest absolute Gasteiger partial charge is 0.126 e. The van der Waals surface area contributed by atoms with Crippen molar-refractivity contribution in [2.45, 2.75) is 32.6 Å². The summed E-state index contributed by atoms with van der Waals surface area (Å²) in [6.07, 6.45) is 2.38. The zero-order valence-electron chi connectivity index (χ0n) is 23.2. The molecule has 3 aromatic heterocycles. The van der Waals surface area contributed by atoms with Crippen molar-refractivity contribution in [3.8, 4) is 22.9 Å². The van der Waals surface area contributed by atoms with E-state index in [0.29, 0.717) is 29.2 Å². The summed E-state index contributed by atoms with van der Waals surface area (Å²) in [5.74, 6) is -0.230. The molecule has 0 aliphatic heterocycles. The van der Waals surface area contributed by atoms with E-state index in [9.17, 15) is 8.78 Å². The Hall–Kier alpha value is -4.26. The monoisotopic (exact) mass is 529 g/mol. The number of ether oxygens (including phenoxy) is 2. The number of aromatic nitrogens is 3. The van der Waals surface area contributed by atoms with Crippen molar-refractivity contribution in [3.05, 3.63) is 108 Å². The van der Waals surface area contributed by atoms with E-state index in [0.717, 1.165) is 39.8 Å². The SMILES string of the molecule is C=C(F)/C=C(F)\C=C(\C)Cc1cc(OC)cc(C(C)(C)c2cc(OC)cc(-c3cc4ccccc4n3C)n2)n1. The van der Waals surface area contributed by atoms with Crippen LogP contribution in [0, 0.1) is 0 Å². The lowest BCUT2D eigenvalue weighted by molar-refractivity contribution is 0.409. The fraction of sp³-hybridized carbons (Fsp3) is 0.250. The molecule has 4 rings (SSSR count). The quantitative estimate of drug-likeness (QED) is 0.208. The van der Waals surface area contributed by atoms with E-state index >= 15 is 0 Å². The molecule has 0 amide bonds. The highest BCUT2D eigenvalue weighted by Crippen LogP contribution is 2.36. The number of allylic oxidation sites excluding steroid dienone is 5. The summed E-state index contributed by atoms with van der Waals surface area (Å²) in [4.78, 5) is 9.98. The van der Waals surface area contributed by atoms with Crippen molar-refractivity contribution in [2.75, 3.05) is 14.2 Å². The molecule has 3 heterocycles. The lowest BCUT2D eigenvalue weighted by Gasteiger charge is -2.26. The fourth-order valence-corrected chi connectivity index (χ4v) is 4.59. The van der Waals surface area contributed by atoms with Crippen LogP contribution in [-0.4, -0.2) is 28.8 Å². The molecule has 0 radical (unpaired) electrons. The maximum Gasteiger partial charge on any atom is 0.126 e. The second kappa shape index (κ2) is 11.2. The van der Waals surface area contributed by atoms with Crippen LogP contribution in [0.4, 0.5) is 8.78 Å². The van der Waals surface area contributed by atoms with Gasteiger partial charge in [0, 0.05) is 65.8 Å². The van der Waals surface area contributed by atoms with Crippen LogP contribution < -0.4 is 9.47 Å². The minimum absolute atomic E-state index is 0.354. The summed E-state index contributed by atoms with van der Waals surface area (Å²) in [6, 6.07) is 17.9. The Labute approximate surface area is 228 Å². The summed E-state index contributed by atoms with van der Waals surface area (Å²) >= 11 is 0. The average molecular weight is 530 g/mol. The van der Waals surface area contributed by atoms with Gasteiger partial charge in [-0.15, -0.1) is 0 Å². The molecule has 39 heavy (non-hydrogen) atoms. The molecule has 0 saturated carbocycles. The van der Waals surface area contributed by atoms with Gasteiger partial charge in [0.1, 0.15) is 23.2 Å². The van der Waals surface area contributed by atoms with Crippen molar-refractivity contribution in [2.24, 2.45) is 7.05 Å². The summed E-state index contributed by atoms with van der Waals surface area (Å²) in [7, 11) is 5.26. The topological polar surface area (TPSA) is 49.2 Å². The normalized spacial score (nSPS) is 12.6. The van der Waals surface area contributed by atoms with Crippen molar-refractivity contribution >= 4 is 10.9 Å². The van der Waals surface area contributed by atoms with Gasteiger partial charge in [-0.25, -0.2) is 13.8 Å². The molecular weight excluding hydrogens is 496 g/mol. The molecule has 0 saturated heterocycles. The largest absolute Gasteiger partial charge is 0.497 e. The van der Waals surface area contributed by atoms with Crippen LogP contribution in [-0.2, 0) is 18.9 Å². The Morgan fingerprint density at radius 3 is 2.23 bits per heavy atom. The molecule has 0 atom stereocenters. The van der Waals surface area contributed by atoms with Gasteiger partial charge in [0.05, 0.1) is 37.0 Å². The predicted octanol–water partition coefficient (Wildman–Crippen LogP) is 7.80. The number of fused-ring (bicyclic) bond motifs is 1. The standard InChI is InChI=1S/C32H33F2N3O2/c1-20(12-23(34)14-21(2)33)13-24-16-25(38-6)18-30(35-24)32(3,4)31-19-26(39-7)17-27(36-31)29-15-22-10-8-9-11-28(22)37(29)5/h8-12,14-19H,2,13H2,1,3-7H3/b20-12-,23-14+. The number of pyridine rings is 2. The first-order chi connectivity index (χ1) is 18.5. The van der Waals surface area contributed by atoms with Gasteiger partial charge in [-0.2, -0.15) is 0 Å². The minimum atomic E-state index is -0.839. The second-order valence-corrected chi connectivity index (χ2v) is 10.1. The van der Waals surface area contributed by atoms with E-state index in [1.165, 1.54) is 6.08 Å². The number of aryl methyl sites for hydroxylation is 1. The Balaban J connectivity index is 1.77. The maximum atomic E-state index is 14.0. The van der Waals surface area contributed by atoms with Crippen LogP contribution in [0.1, 0.15) is 37.9 Å². The van der Waals surface area contributed by atoms with Gasteiger partial charge in [0.2, 0.25) is 0 Å². The molecule has 0 bridgehead atoms. The number of methoxy groups -OCH3 is 2. The summed E-state index contributed by atoms with van der Waals surface area (Å²) < 4.78 is 40.3. The number of benzene rings is 1. The van der Waals surface area contributed by atoms with E-state index in [1.807, 2.05) is 57.3 Å². The molecule has 4 aromatic rings. The molecule has 1 aromatic carbocycles. The Morgan fingerprint density at radius 2 is 1.59 bits per heavy atom. The lowest BCUT2D eigenvalue weighted by atomic mass is 9.84. The molecule has 202 valence electrons. The van der Waals surface area contributed by atoms with Gasteiger partial charge in [-0.1, -0.05) is 30.4 Å². The first-order valence-electron chi connectivity index (χ1n) is 12.6. The zero-order chi connectivity index (χ0) is 28.3. The molecule has 0 aliphatic rings. The van der Waals surface area contributed by atoms with Gasteiger partial charge in [0.25, 0.3) is 0 Å². The lowest BCUT2D eigenvalue weighted by Crippen LogP contribution is -2.23. The molecule has 0 N–H and O–H groups in total. The summed E-state index contributed by atoms with van der Waals surface area (Å²) in [5.41, 5.74) is 5.11. The van der Waals surface area contributed by atoms with Gasteiger partial charge < -0.3 is 14.0 Å². The highest BCUT2D eigenvalue weighted by molar-refractivity contribution is 5.86. The molecule has 5 nitrogen and oxygen atoms in total. The number of hydrogen-bond acceptors (Lipinski definition) is 4. The third-order valence-electron chi connectivity index (χ3n) is 6.76. The third-order valence-corrected chi connectivity index (χ3v) is 6.76. The maximum absolute atomic E-state index is 14.0. The van der Waals surface area contributed by atoms with E-state index in [-0.39, 0.29) is 0 Å². The van der Waals surface area contributed by atoms with Gasteiger partial charge >= 0.3 is 0 Å². The minimum Gasteiger partial charge on any atom is -0.497 e. The number of nitrogens with zero attached hydrogens (tertiary/aromatic N) is 3.